The number of aromatic nitrogens is 2. The molecule has 3 rings (SSSR count). The summed E-state index contributed by atoms with van der Waals surface area (Å²) >= 11 is 0. The van der Waals surface area contributed by atoms with E-state index in [1.54, 1.807) is 0 Å². The van der Waals surface area contributed by atoms with E-state index in [-0.39, 0.29) is 5.91 Å². The summed E-state index contributed by atoms with van der Waals surface area (Å²) in [7, 11) is 0. The van der Waals surface area contributed by atoms with Crippen molar-refractivity contribution >= 4 is 34.6 Å². The van der Waals surface area contributed by atoms with Crippen molar-refractivity contribution in [2.75, 3.05) is 34.4 Å². The zero-order valence-corrected chi connectivity index (χ0v) is 13.7. The largest absolute Gasteiger partial charge is 0.393 e. The summed E-state index contributed by atoms with van der Waals surface area (Å²) in [4.78, 5) is 21.9. The SMILES string of the molecule is CC(=O)Nc1ccc(Nc2ncnc(N3CCCCC3)c2N)cc1. The minimum Gasteiger partial charge on any atom is -0.393 e. The lowest BCUT2D eigenvalue weighted by molar-refractivity contribution is -0.114. The zero-order valence-electron chi connectivity index (χ0n) is 13.7. The molecular formula is C17H22N6O. The first-order chi connectivity index (χ1) is 11.6. The van der Waals surface area contributed by atoms with Crippen molar-refractivity contribution in [2.24, 2.45) is 0 Å². The van der Waals surface area contributed by atoms with Crippen LogP contribution >= 0.6 is 0 Å². The van der Waals surface area contributed by atoms with Crippen LogP contribution in [-0.4, -0.2) is 29.0 Å². The van der Waals surface area contributed by atoms with Crippen molar-refractivity contribution < 1.29 is 4.79 Å². The van der Waals surface area contributed by atoms with Crippen LogP contribution in [0.15, 0.2) is 30.6 Å². The molecule has 1 aromatic heterocycles. The number of rotatable bonds is 4. The smallest absolute Gasteiger partial charge is 0.221 e. The molecule has 0 aliphatic carbocycles. The molecule has 1 aromatic carbocycles. The van der Waals surface area contributed by atoms with E-state index in [0.29, 0.717) is 11.5 Å². The Bertz CT molecular complexity index is 710. The Hall–Kier alpha value is -2.83. The summed E-state index contributed by atoms with van der Waals surface area (Å²) in [6.45, 7) is 3.44. The molecule has 0 bridgehead atoms. The fraction of sp³-hybridized carbons (Fsp3) is 0.353. The highest BCUT2D eigenvalue weighted by Crippen LogP contribution is 2.30. The highest BCUT2D eigenvalue weighted by molar-refractivity contribution is 5.89. The molecule has 1 amide bonds. The van der Waals surface area contributed by atoms with E-state index >= 15 is 0 Å². The van der Waals surface area contributed by atoms with E-state index in [1.807, 2.05) is 24.3 Å². The zero-order chi connectivity index (χ0) is 16.9. The van der Waals surface area contributed by atoms with Crippen LogP contribution < -0.4 is 21.3 Å². The maximum atomic E-state index is 11.1. The molecule has 4 N–H and O–H groups in total. The molecule has 7 heteroatoms. The van der Waals surface area contributed by atoms with Gasteiger partial charge >= 0.3 is 0 Å². The lowest BCUT2D eigenvalue weighted by atomic mass is 10.1. The number of hydrogen-bond acceptors (Lipinski definition) is 6. The van der Waals surface area contributed by atoms with Crippen LogP contribution in [0.4, 0.5) is 28.7 Å². The molecule has 0 saturated carbocycles. The summed E-state index contributed by atoms with van der Waals surface area (Å²) in [5.74, 6) is 1.29. The molecule has 0 spiro atoms. The van der Waals surface area contributed by atoms with Crippen molar-refractivity contribution in [1.29, 1.82) is 0 Å². The first kappa shape index (κ1) is 16.0. The molecule has 1 aliphatic heterocycles. The van der Waals surface area contributed by atoms with E-state index < -0.39 is 0 Å². The van der Waals surface area contributed by atoms with Gasteiger partial charge in [0, 0.05) is 31.4 Å². The average molecular weight is 326 g/mol. The summed E-state index contributed by atoms with van der Waals surface area (Å²) in [5.41, 5.74) is 8.43. The minimum atomic E-state index is -0.0954. The molecule has 0 unspecified atom stereocenters. The quantitative estimate of drug-likeness (QED) is 0.799. The number of nitrogens with one attached hydrogen (secondary N) is 2. The Kier molecular flexibility index (Phi) is 4.79. The Morgan fingerprint density at radius 2 is 1.75 bits per heavy atom. The lowest BCUT2D eigenvalue weighted by Crippen LogP contribution is -2.31. The van der Waals surface area contributed by atoms with E-state index in [4.69, 9.17) is 5.73 Å². The molecule has 0 atom stereocenters. The van der Waals surface area contributed by atoms with Crippen LogP contribution in [0.1, 0.15) is 26.2 Å². The van der Waals surface area contributed by atoms with Crippen LogP contribution in [0.25, 0.3) is 0 Å². The van der Waals surface area contributed by atoms with Crippen molar-refractivity contribution in [2.45, 2.75) is 26.2 Å². The van der Waals surface area contributed by atoms with Gasteiger partial charge in [0.15, 0.2) is 11.6 Å². The molecule has 7 nitrogen and oxygen atoms in total. The first-order valence-corrected chi connectivity index (χ1v) is 8.13. The molecule has 1 saturated heterocycles. The molecule has 2 heterocycles. The van der Waals surface area contributed by atoms with Gasteiger partial charge in [-0.05, 0) is 43.5 Å². The number of anilines is 5. The number of amides is 1. The number of carbonyl (C=O) groups is 1. The first-order valence-electron chi connectivity index (χ1n) is 8.13. The fourth-order valence-electron chi connectivity index (χ4n) is 2.82. The second-order valence-corrected chi connectivity index (χ2v) is 5.89. The summed E-state index contributed by atoms with van der Waals surface area (Å²) in [5, 5.41) is 5.95. The predicted octanol–water partition coefficient (Wildman–Crippen LogP) is 2.75. The van der Waals surface area contributed by atoms with Crippen molar-refractivity contribution in [3.05, 3.63) is 30.6 Å². The number of nitrogens with two attached hydrogens (primary N) is 1. The van der Waals surface area contributed by atoms with Crippen LogP contribution in [0.5, 0.6) is 0 Å². The Morgan fingerprint density at radius 1 is 1.08 bits per heavy atom. The third kappa shape index (κ3) is 3.73. The molecule has 0 radical (unpaired) electrons. The summed E-state index contributed by atoms with van der Waals surface area (Å²) < 4.78 is 0. The third-order valence-corrected chi connectivity index (χ3v) is 3.99. The van der Waals surface area contributed by atoms with Crippen molar-refractivity contribution in [3.63, 3.8) is 0 Å². The maximum absolute atomic E-state index is 11.1. The van der Waals surface area contributed by atoms with Gasteiger partial charge in [0.05, 0.1) is 0 Å². The normalized spacial score (nSPS) is 14.3. The highest BCUT2D eigenvalue weighted by atomic mass is 16.1. The van der Waals surface area contributed by atoms with E-state index in [2.05, 4.69) is 25.5 Å². The Morgan fingerprint density at radius 3 is 2.42 bits per heavy atom. The van der Waals surface area contributed by atoms with Gasteiger partial charge in [-0.3, -0.25) is 4.79 Å². The average Bonchev–Trinajstić information content (AvgIpc) is 2.59. The van der Waals surface area contributed by atoms with Crippen LogP contribution in [0, 0.1) is 0 Å². The number of nitrogen functional groups attached to an aromatic ring is 1. The van der Waals surface area contributed by atoms with Crippen LogP contribution in [-0.2, 0) is 4.79 Å². The minimum absolute atomic E-state index is 0.0954. The molecular weight excluding hydrogens is 304 g/mol. The summed E-state index contributed by atoms with van der Waals surface area (Å²) in [6, 6.07) is 7.39. The number of piperidine rings is 1. The topological polar surface area (TPSA) is 96.2 Å². The van der Waals surface area contributed by atoms with Crippen LogP contribution in [0.3, 0.4) is 0 Å². The fourth-order valence-corrected chi connectivity index (χ4v) is 2.82. The van der Waals surface area contributed by atoms with Crippen molar-refractivity contribution in [1.82, 2.24) is 9.97 Å². The highest BCUT2D eigenvalue weighted by Gasteiger charge is 2.17. The Labute approximate surface area is 141 Å². The monoisotopic (exact) mass is 326 g/mol. The molecule has 2 aromatic rings. The third-order valence-electron chi connectivity index (χ3n) is 3.99. The number of benzene rings is 1. The van der Waals surface area contributed by atoms with Gasteiger partial charge in [0.25, 0.3) is 0 Å². The molecule has 1 fully saturated rings. The second-order valence-electron chi connectivity index (χ2n) is 5.89. The van der Waals surface area contributed by atoms with Gasteiger partial charge in [-0.15, -0.1) is 0 Å². The molecule has 24 heavy (non-hydrogen) atoms. The van der Waals surface area contributed by atoms with Gasteiger partial charge in [0.1, 0.15) is 12.0 Å². The second kappa shape index (κ2) is 7.16. The van der Waals surface area contributed by atoms with E-state index in [9.17, 15) is 4.79 Å². The van der Waals surface area contributed by atoms with E-state index in [0.717, 1.165) is 43.1 Å². The van der Waals surface area contributed by atoms with Crippen LogP contribution in [0.2, 0.25) is 0 Å². The molecule has 126 valence electrons. The number of hydrogen-bond donors (Lipinski definition) is 3. The Balaban J connectivity index is 1.76. The van der Waals surface area contributed by atoms with Crippen molar-refractivity contribution in [3.8, 4) is 0 Å². The number of nitrogens with zero attached hydrogens (tertiary/aromatic N) is 3. The van der Waals surface area contributed by atoms with Gasteiger partial charge in [-0.1, -0.05) is 0 Å². The maximum Gasteiger partial charge on any atom is 0.221 e. The lowest BCUT2D eigenvalue weighted by Gasteiger charge is -2.28. The van der Waals surface area contributed by atoms with Gasteiger partial charge in [-0.25, -0.2) is 9.97 Å². The van der Waals surface area contributed by atoms with E-state index in [1.165, 1.54) is 19.7 Å². The van der Waals surface area contributed by atoms with Gasteiger partial charge in [0.2, 0.25) is 5.91 Å². The number of carbonyl (C=O) groups excluding carboxylic acids is 1. The van der Waals surface area contributed by atoms with Gasteiger partial charge < -0.3 is 21.3 Å². The predicted molar refractivity (Wildman–Crippen MR) is 96.5 cm³/mol. The van der Waals surface area contributed by atoms with Gasteiger partial charge in [-0.2, -0.15) is 0 Å². The summed E-state index contributed by atoms with van der Waals surface area (Å²) in [6.07, 6.45) is 5.12. The standard InChI is InChI=1S/C17H22N6O/c1-12(24)21-13-5-7-14(8-6-13)22-16-15(18)17(20-11-19-16)23-9-3-2-4-10-23/h5-8,11H,2-4,9-10,18H2,1H3,(H,21,24)(H,19,20,22). The molecule has 1 aliphatic rings.